The lowest BCUT2D eigenvalue weighted by atomic mass is 9.77. The first-order valence-electron chi connectivity index (χ1n) is 7.22. The third kappa shape index (κ3) is 4.25. The highest BCUT2D eigenvalue weighted by Gasteiger charge is 2.33. The number of likely N-dealkylation sites (N-methyl/N-ethyl adjacent to an activating group) is 1. The predicted octanol–water partition coefficient (Wildman–Crippen LogP) is 1.63. The van der Waals surface area contributed by atoms with E-state index in [1.165, 1.54) is 0 Å². The Hall–Kier alpha value is -0.610. The lowest BCUT2D eigenvalue weighted by Crippen LogP contribution is -2.44. The van der Waals surface area contributed by atoms with E-state index >= 15 is 0 Å². The highest BCUT2D eigenvalue weighted by Crippen LogP contribution is 2.30. The van der Waals surface area contributed by atoms with E-state index < -0.39 is 0 Å². The lowest BCUT2D eigenvalue weighted by Gasteiger charge is -2.35. The molecule has 0 aliphatic heterocycles. The molecule has 18 heavy (non-hydrogen) atoms. The maximum absolute atomic E-state index is 12.5. The van der Waals surface area contributed by atoms with Crippen LogP contribution in [0.2, 0.25) is 0 Å². The summed E-state index contributed by atoms with van der Waals surface area (Å²) in [6.07, 6.45) is 2.88. The van der Waals surface area contributed by atoms with Gasteiger partial charge in [-0.2, -0.15) is 0 Å². The number of ether oxygens (including phenoxy) is 1. The van der Waals surface area contributed by atoms with E-state index in [2.05, 4.69) is 6.92 Å². The normalized spacial score (nSPS) is 28.1. The Morgan fingerprint density at radius 1 is 1.39 bits per heavy atom. The van der Waals surface area contributed by atoms with E-state index in [1.807, 2.05) is 18.7 Å². The maximum Gasteiger partial charge on any atom is 0.226 e. The molecule has 1 rings (SSSR count). The third-order valence-electron chi connectivity index (χ3n) is 3.93. The van der Waals surface area contributed by atoms with Crippen LogP contribution < -0.4 is 5.73 Å². The second-order valence-electron chi connectivity index (χ2n) is 5.27. The van der Waals surface area contributed by atoms with Crippen LogP contribution in [0.15, 0.2) is 0 Å². The summed E-state index contributed by atoms with van der Waals surface area (Å²) < 4.78 is 5.33. The average molecular weight is 256 g/mol. The minimum atomic E-state index is 0.159. The molecule has 1 amide bonds. The van der Waals surface area contributed by atoms with Crippen molar-refractivity contribution in [2.75, 3.05) is 26.3 Å². The van der Waals surface area contributed by atoms with Gasteiger partial charge in [-0.1, -0.05) is 6.92 Å². The zero-order valence-corrected chi connectivity index (χ0v) is 12.0. The van der Waals surface area contributed by atoms with Gasteiger partial charge in [-0.3, -0.25) is 4.79 Å². The number of hydrogen-bond donors (Lipinski definition) is 1. The monoisotopic (exact) mass is 256 g/mol. The maximum atomic E-state index is 12.5. The first-order valence-corrected chi connectivity index (χ1v) is 7.22. The van der Waals surface area contributed by atoms with Gasteiger partial charge in [-0.25, -0.2) is 0 Å². The molecule has 3 atom stereocenters. The van der Waals surface area contributed by atoms with Gasteiger partial charge in [0.15, 0.2) is 0 Å². The van der Waals surface area contributed by atoms with Crippen molar-refractivity contribution in [2.24, 2.45) is 17.6 Å². The first kappa shape index (κ1) is 15.4. The minimum absolute atomic E-state index is 0.159. The third-order valence-corrected chi connectivity index (χ3v) is 3.93. The standard InChI is InChI=1S/C14H28N2O2/c1-4-16(8-9-18-5-2)14(17)13-7-6-12(15)10-11(13)3/h11-13H,4-10,15H2,1-3H3. The highest BCUT2D eigenvalue weighted by atomic mass is 16.5. The van der Waals surface area contributed by atoms with Crippen molar-refractivity contribution >= 4 is 5.91 Å². The summed E-state index contributed by atoms with van der Waals surface area (Å²) in [5.74, 6) is 0.852. The van der Waals surface area contributed by atoms with Crippen LogP contribution in [-0.4, -0.2) is 43.2 Å². The van der Waals surface area contributed by atoms with Crippen molar-refractivity contribution in [3.8, 4) is 0 Å². The molecule has 1 aliphatic carbocycles. The summed E-state index contributed by atoms with van der Waals surface area (Å²) in [5, 5.41) is 0. The zero-order valence-electron chi connectivity index (χ0n) is 12.0. The van der Waals surface area contributed by atoms with Crippen LogP contribution >= 0.6 is 0 Å². The number of carbonyl (C=O) groups is 1. The van der Waals surface area contributed by atoms with Crippen molar-refractivity contribution < 1.29 is 9.53 Å². The fourth-order valence-electron chi connectivity index (χ4n) is 2.78. The van der Waals surface area contributed by atoms with Crippen LogP contribution in [0.4, 0.5) is 0 Å². The summed E-state index contributed by atoms with van der Waals surface area (Å²) in [5.41, 5.74) is 5.95. The molecule has 0 aromatic rings. The van der Waals surface area contributed by atoms with Gasteiger partial charge in [-0.05, 0) is 39.0 Å². The van der Waals surface area contributed by atoms with E-state index in [9.17, 15) is 4.79 Å². The molecular formula is C14H28N2O2. The number of nitrogens with two attached hydrogens (primary N) is 1. The van der Waals surface area contributed by atoms with E-state index in [1.54, 1.807) is 0 Å². The molecule has 0 saturated heterocycles. The Kier molecular flexibility index (Phi) is 6.65. The molecule has 4 heteroatoms. The molecule has 1 aliphatic rings. The number of carbonyl (C=O) groups excluding carboxylic acids is 1. The number of nitrogens with zero attached hydrogens (tertiary/aromatic N) is 1. The number of hydrogen-bond acceptors (Lipinski definition) is 3. The number of amides is 1. The van der Waals surface area contributed by atoms with Crippen molar-refractivity contribution in [1.29, 1.82) is 0 Å². The topological polar surface area (TPSA) is 55.6 Å². The Morgan fingerprint density at radius 2 is 2.11 bits per heavy atom. The second kappa shape index (κ2) is 7.74. The minimum Gasteiger partial charge on any atom is -0.380 e. The summed E-state index contributed by atoms with van der Waals surface area (Å²) in [7, 11) is 0. The second-order valence-corrected chi connectivity index (χ2v) is 5.27. The Morgan fingerprint density at radius 3 is 2.67 bits per heavy atom. The predicted molar refractivity (Wildman–Crippen MR) is 73.2 cm³/mol. The summed E-state index contributed by atoms with van der Waals surface area (Å²) in [6, 6.07) is 0.280. The molecule has 0 bridgehead atoms. The molecule has 106 valence electrons. The summed E-state index contributed by atoms with van der Waals surface area (Å²) in [4.78, 5) is 14.4. The Balaban J connectivity index is 2.49. The molecule has 0 spiro atoms. The lowest BCUT2D eigenvalue weighted by molar-refractivity contribution is -0.139. The van der Waals surface area contributed by atoms with Gasteiger partial charge < -0.3 is 15.4 Å². The van der Waals surface area contributed by atoms with Gasteiger partial charge in [-0.15, -0.1) is 0 Å². The van der Waals surface area contributed by atoms with Gasteiger partial charge in [0.25, 0.3) is 0 Å². The molecular weight excluding hydrogens is 228 g/mol. The summed E-state index contributed by atoms with van der Waals surface area (Å²) in [6.45, 7) is 8.97. The molecule has 1 fully saturated rings. The Bertz CT molecular complexity index is 258. The Labute approximate surface area is 111 Å². The van der Waals surface area contributed by atoms with Gasteiger partial charge in [0, 0.05) is 31.7 Å². The SMILES string of the molecule is CCOCCN(CC)C(=O)C1CCC(N)CC1C. The largest absolute Gasteiger partial charge is 0.380 e. The van der Waals surface area contributed by atoms with E-state index in [0.717, 1.165) is 25.8 Å². The van der Waals surface area contributed by atoms with Crippen LogP contribution in [0, 0.1) is 11.8 Å². The van der Waals surface area contributed by atoms with E-state index in [-0.39, 0.29) is 17.9 Å². The molecule has 4 nitrogen and oxygen atoms in total. The molecule has 3 unspecified atom stereocenters. The summed E-state index contributed by atoms with van der Waals surface area (Å²) >= 11 is 0. The van der Waals surface area contributed by atoms with Gasteiger partial charge in [0.2, 0.25) is 5.91 Å². The quantitative estimate of drug-likeness (QED) is 0.735. The van der Waals surface area contributed by atoms with Crippen LogP contribution in [0.1, 0.15) is 40.0 Å². The molecule has 0 radical (unpaired) electrons. The van der Waals surface area contributed by atoms with Crippen molar-refractivity contribution in [2.45, 2.75) is 46.1 Å². The molecule has 0 aromatic heterocycles. The molecule has 2 N–H and O–H groups in total. The smallest absolute Gasteiger partial charge is 0.226 e. The highest BCUT2D eigenvalue weighted by molar-refractivity contribution is 5.79. The molecule has 0 aromatic carbocycles. The van der Waals surface area contributed by atoms with Crippen LogP contribution in [0.25, 0.3) is 0 Å². The van der Waals surface area contributed by atoms with Gasteiger partial charge in [0.1, 0.15) is 0 Å². The van der Waals surface area contributed by atoms with Crippen molar-refractivity contribution in [1.82, 2.24) is 4.90 Å². The fraction of sp³-hybridized carbons (Fsp3) is 0.929. The van der Waals surface area contributed by atoms with Crippen LogP contribution in [0.3, 0.4) is 0 Å². The van der Waals surface area contributed by atoms with Crippen LogP contribution in [0.5, 0.6) is 0 Å². The van der Waals surface area contributed by atoms with Gasteiger partial charge >= 0.3 is 0 Å². The average Bonchev–Trinajstić information content (AvgIpc) is 2.34. The van der Waals surface area contributed by atoms with Crippen molar-refractivity contribution in [3.63, 3.8) is 0 Å². The fourth-order valence-corrected chi connectivity index (χ4v) is 2.78. The molecule has 1 saturated carbocycles. The first-order chi connectivity index (χ1) is 8.60. The van der Waals surface area contributed by atoms with Crippen LogP contribution in [-0.2, 0) is 9.53 Å². The van der Waals surface area contributed by atoms with Gasteiger partial charge in [0.05, 0.1) is 6.61 Å². The zero-order chi connectivity index (χ0) is 13.5. The van der Waals surface area contributed by atoms with E-state index in [4.69, 9.17) is 10.5 Å². The molecule has 0 heterocycles. The van der Waals surface area contributed by atoms with Crippen molar-refractivity contribution in [3.05, 3.63) is 0 Å². The number of rotatable bonds is 6. The van der Waals surface area contributed by atoms with E-state index in [0.29, 0.717) is 25.7 Å².